The van der Waals surface area contributed by atoms with Gasteiger partial charge in [0.25, 0.3) is 0 Å². The van der Waals surface area contributed by atoms with E-state index in [-0.39, 0.29) is 24.9 Å². The van der Waals surface area contributed by atoms with Gasteiger partial charge in [-0.15, -0.1) is 0 Å². The van der Waals surface area contributed by atoms with Gasteiger partial charge in [-0.3, -0.25) is 0 Å². The molecule has 69 heavy (non-hydrogen) atoms. The fourth-order valence-electron chi connectivity index (χ4n) is 14.6. The largest absolute Gasteiger partial charge is 0.479 e. The van der Waals surface area contributed by atoms with Gasteiger partial charge in [0.2, 0.25) is 0 Å². The molecule has 0 aromatic rings. The Labute approximate surface area is 404 Å². The molecule has 2 aliphatic heterocycles. The number of carbonyl (C=O) groups excluding carboxylic acids is 2. The predicted octanol–water partition coefficient (Wildman–Crippen LogP) is 2.44. The normalized spacial score (nSPS) is 48.7. The molecule has 6 fully saturated rings. The highest BCUT2D eigenvalue weighted by Gasteiger charge is 2.74. The maximum absolute atomic E-state index is 13.7. The van der Waals surface area contributed by atoms with Crippen molar-refractivity contribution in [1.29, 1.82) is 0 Å². The van der Waals surface area contributed by atoms with Crippen LogP contribution in [0.2, 0.25) is 0 Å². The number of carbonyl (C=O) groups is 3. The van der Waals surface area contributed by atoms with E-state index in [4.69, 9.17) is 28.4 Å². The fraction of sp³-hybridized carbons (Fsp3) is 0.824. The minimum Gasteiger partial charge on any atom is -0.479 e. The van der Waals surface area contributed by atoms with Gasteiger partial charge in [-0.05, 0) is 107 Å². The summed E-state index contributed by atoms with van der Waals surface area (Å²) in [5.41, 5.74) is -2.96. The number of aliphatic carboxylic acids is 1. The number of hydrogen-bond donors (Lipinski definition) is 9. The summed E-state index contributed by atoms with van der Waals surface area (Å²) >= 11 is 0. The molecule has 0 aromatic heterocycles. The second-order valence-electron chi connectivity index (χ2n) is 23.0. The smallest absolute Gasteiger partial charge is 0.335 e. The second kappa shape index (κ2) is 19.2. The van der Waals surface area contributed by atoms with E-state index >= 15 is 0 Å². The molecular weight excluding hydrogens is 901 g/mol. The molecule has 2 saturated heterocycles. The highest BCUT2D eigenvalue weighted by atomic mass is 16.8. The van der Waals surface area contributed by atoms with Crippen LogP contribution < -0.4 is 0 Å². The third kappa shape index (κ3) is 8.37. The van der Waals surface area contributed by atoms with Crippen molar-refractivity contribution < 1.29 is 88.8 Å². The molecule has 0 radical (unpaired) electrons. The summed E-state index contributed by atoms with van der Waals surface area (Å²) in [5, 5.41) is 99.3. The standard InChI is InChI=1S/C51H78O18/c1-11-24(3)42(62)68-39-40(69-43(63)25(4)12-2)51(23-53)27(19-46(39,5)6)26-13-14-30-47(7)17-16-32(48(8,22-52)29(47)15-18-49(30,9)50(26,10)20-31(51)55)65-45-38(35(58)34(57)37(66-45)41(60)61)67-44-36(59)33(56)28(54)21-64-44/h11-13,27-40,44-45,52-59H,14-23H2,1-10H3,(H,60,61)/b24-11-,25-12-/t27-,28+,29-,30+,31+,32-,33-,34-,35-,36+,37-,38+,39-,40-,44-,45+,47-,48+,49+,50+,51-/m0/s1. The van der Waals surface area contributed by atoms with Gasteiger partial charge >= 0.3 is 17.9 Å². The van der Waals surface area contributed by atoms with Crippen molar-refractivity contribution in [3.8, 4) is 0 Å². The molecule has 18 nitrogen and oxygen atoms in total. The zero-order valence-electron chi connectivity index (χ0n) is 41.7. The van der Waals surface area contributed by atoms with Crippen molar-refractivity contribution in [1.82, 2.24) is 0 Å². The summed E-state index contributed by atoms with van der Waals surface area (Å²) in [5.74, 6) is -3.45. The minimum atomic E-state index is -1.99. The quantitative estimate of drug-likeness (QED) is 0.0622. The Balaban J connectivity index is 1.22. The summed E-state index contributed by atoms with van der Waals surface area (Å²) in [6, 6.07) is 0. The number of aliphatic hydroxyl groups excluding tert-OH is 8. The first-order valence-corrected chi connectivity index (χ1v) is 24.7. The molecule has 2 heterocycles. The van der Waals surface area contributed by atoms with E-state index in [2.05, 4.69) is 26.8 Å². The van der Waals surface area contributed by atoms with Crippen molar-refractivity contribution in [3.05, 3.63) is 34.9 Å². The topological polar surface area (TPSA) is 289 Å². The van der Waals surface area contributed by atoms with Crippen LogP contribution in [0.1, 0.15) is 114 Å². The fourth-order valence-corrected chi connectivity index (χ4v) is 14.6. The first-order valence-electron chi connectivity index (χ1n) is 24.7. The number of rotatable bonds is 11. The van der Waals surface area contributed by atoms with E-state index in [0.29, 0.717) is 49.7 Å². The van der Waals surface area contributed by atoms with Crippen molar-refractivity contribution in [2.75, 3.05) is 19.8 Å². The Kier molecular flexibility index (Phi) is 15.0. The minimum absolute atomic E-state index is 0.000293. The number of allylic oxidation sites excluding steroid dienone is 4. The van der Waals surface area contributed by atoms with Crippen molar-refractivity contribution in [3.63, 3.8) is 0 Å². The molecule has 18 heteroatoms. The van der Waals surface area contributed by atoms with Crippen LogP contribution in [-0.2, 0) is 42.8 Å². The lowest BCUT2D eigenvalue weighted by atomic mass is 9.33. The first kappa shape index (κ1) is 53.9. The molecule has 0 unspecified atom stereocenters. The Morgan fingerprint density at radius 2 is 1.38 bits per heavy atom. The van der Waals surface area contributed by atoms with Crippen LogP contribution in [0.15, 0.2) is 34.9 Å². The molecule has 0 amide bonds. The number of carboxylic acids is 1. The molecule has 0 spiro atoms. The van der Waals surface area contributed by atoms with E-state index < -0.39 is 149 Å². The van der Waals surface area contributed by atoms with Crippen LogP contribution in [0.4, 0.5) is 0 Å². The van der Waals surface area contributed by atoms with E-state index in [9.17, 15) is 60.3 Å². The van der Waals surface area contributed by atoms with Gasteiger partial charge in [-0.1, -0.05) is 65.3 Å². The molecule has 0 bridgehead atoms. The number of carboxylic acid groups (broad SMARTS) is 1. The predicted molar refractivity (Wildman–Crippen MR) is 244 cm³/mol. The van der Waals surface area contributed by atoms with Crippen LogP contribution in [-0.4, -0.2) is 163 Å². The first-order chi connectivity index (χ1) is 32.2. The van der Waals surface area contributed by atoms with Crippen molar-refractivity contribution >= 4 is 17.9 Å². The Hall–Kier alpha value is -2.85. The zero-order chi connectivity index (χ0) is 51.1. The van der Waals surface area contributed by atoms with E-state index in [1.807, 2.05) is 20.8 Å². The van der Waals surface area contributed by atoms with Crippen molar-refractivity contribution in [2.24, 2.45) is 50.2 Å². The highest BCUT2D eigenvalue weighted by molar-refractivity contribution is 5.89. The monoisotopic (exact) mass is 979 g/mol. The molecule has 390 valence electrons. The van der Waals surface area contributed by atoms with Crippen LogP contribution in [0, 0.1) is 50.2 Å². The summed E-state index contributed by atoms with van der Waals surface area (Å²) in [6.45, 7) is 18.0. The van der Waals surface area contributed by atoms with E-state index in [1.54, 1.807) is 39.8 Å². The lowest BCUT2D eigenvalue weighted by Crippen LogP contribution is -2.72. The molecular formula is C51H78O18. The summed E-state index contributed by atoms with van der Waals surface area (Å²) in [7, 11) is 0. The van der Waals surface area contributed by atoms with Crippen LogP contribution in [0.25, 0.3) is 0 Å². The van der Waals surface area contributed by atoms with Gasteiger partial charge in [0, 0.05) is 22.0 Å². The van der Waals surface area contributed by atoms with E-state index in [1.165, 1.54) is 0 Å². The number of hydrogen-bond acceptors (Lipinski definition) is 17. The molecule has 21 atom stereocenters. The van der Waals surface area contributed by atoms with Gasteiger partial charge in [-0.2, -0.15) is 0 Å². The highest BCUT2D eigenvalue weighted by Crippen LogP contribution is 2.76. The van der Waals surface area contributed by atoms with Crippen LogP contribution in [0.3, 0.4) is 0 Å². The number of aliphatic hydroxyl groups is 8. The summed E-state index contributed by atoms with van der Waals surface area (Å²) < 4.78 is 36.4. The number of esters is 2. The average molecular weight is 979 g/mol. The van der Waals surface area contributed by atoms with Gasteiger partial charge in [-0.25, -0.2) is 14.4 Å². The lowest BCUT2D eigenvalue weighted by molar-refractivity contribution is -0.367. The Morgan fingerprint density at radius 1 is 0.754 bits per heavy atom. The molecule has 0 aromatic carbocycles. The van der Waals surface area contributed by atoms with Crippen LogP contribution in [0.5, 0.6) is 0 Å². The second-order valence-corrected chi connectivity index (χ2v) is 23.0. The number of ether oxygens (including phenoxy) is 6. The van der Waals surface area contributed by atoms with Gasteiger partial charge < -0.3 is 74.4 Å². The van der Waals surface area contributed by atoms with Crippen LogP contribution >= 0.6 is 0 Å². The van der Waals surface area contributed by atoms with Crippen molar-refractivity contribution in [2.45, 2.75) is 194 Å². The maximum atomic E-state index is 13.7. The molecule has 9 N–H and O–H groups in total. The zero-order valence-corrected chi connectivity index (χ0v) is 41.7. The molecule has 7 rings (SSSR count). The average Bonchev–Trinajstić information content (AvgIpc) is 3.29. The SMILES string of the molecule is C/C=C(/C)C(=O)O[C@H]1[C@H](OC(=O)/C(C)=C\C)[C@]2(CO)[C@H](O)C[C@]3(C)C(=CC[C@@H]4[C@@]5(C)CC[C@H](O[C@@H]6O[C@H](C(=O)O)[C@@H](O)[C@H](O)[C@H]6O[C@@H]6OC[C@@H](O)[C@H](O)[C@H]6O)[C@](C)(CO)[C@H]5CC[C@]43C)[C@@H]2CC1(C)C. The van der Waals surface area contributed by atoms with Gasteiger partial charge in [0.15, 0.2) is 24.8 Å². The van der Waals surface area contributed by atoms with Gasteiger partial charge in [0.1, 0.15) is 42.7 Å². The summed E-state index contributed by atoms with van der Waals surface area (Å²) in [6.07, 6.45) is -10.9. The third-order valence-corrected chi connectivity index (χ3v) is 19.2. The molecule has 5 aliphatic carbocycles. The number of fused-ring (bicyclic) bond motifs is 7. The Bertz CT molecular complexity index is 2050. The van der Waals surface area contributed by atoms with Gasteiger partial charge in [0.05, 0.1) is 37.4 Å². The van der Waals surface area contributed by atoms with E-state index in [0.717, 1.165) is 5.57 Å². The molecule has 7 aliphatic rings. The Morgan fingerprint density at radius 3 is 1.96 bits per heavy atom. The lowest BCUT2D eigenvalue weighted by Gasteiger charge is -2.72. The summed E-state index contributed by atoms with van der Waals surface area (Å²) in [4.78, 5) is 39.5. The molecule has 4 saturated carbocycles. The third-order valence-electron chi connectivity index (χ3n) is 19.2. The maximum Gasteiger partial charge on any atom is 0.335 e.